The van der Waals surface area contributed by atoms with Crippen LogP contribution in [0, 0.1) is 22.0 Å². The van der Waals surface area contributed by atoms with Crippen molar-refractivity contribution in [3.63, 3.8) is 0 Å². The third kappa shape index (κ3) is 3.75. The second-order valence-electron chi connectivity index (χ2n) is 4.20. The van der Waals surface area contributed by atoms with Crippen molar-refractivity contribution in [1.29, 1.82) is 0 Å². The molecule has 0 spiro atoms. The molecule has 0 aromatic carbocycles. The van der Waals surface area contributed by atoms with Crippen LogP contribution in [0.5, 0.6) is 0 Å². The molecule has 0 N–H and O–H groups in total. The summed E-state index contributed by atoms with van der Waals surface area (Å²) in [4.78, 5) is 10.1. The second-order valence-corrected chi connectivity index (χ2v) is 4.20. The molecule has 1 aliphatic carbocycles. The fourth-order valence-corrected chi connectivity index (χ4v) is 2.31. The van der Waals surface area contributed by atoms with Crippen LogP contribution in [0.25, 0.3) is 0 Å². The Hall–Kier alpha value is -0.600. The summed E-state index contributed by atoms with van der Waals surface area (Å²) >= 11 is 0. The van der Waals surface area contributed by atoms with Crippen molar-refractivity contribution in [1.82, 2.24) is 0 Å². The molecule has 0 heterocycles. The van der Waals surface area contributed by atoms with Gasteiger partial charge >= 0.3 is 0 Å². The van der Waals surface area contributed by atoms with E-state index in [1.54, 1.807) is 0 Å². The minimum atomic E-state index is -0.160. The van der Waals surface area contributed by atoms with Crippen LogP contribution in [0.15, 0.2) is 0 Å². The highest BCUT2D eigenvalue weighted by atomic mass is 16.6. The fourth-order valence-electron chi connectivity index (χ4n) is 2.31. The first-order chi connectivity index (χ1) is 6.22. The van der Waals surface area contributed by atoms with Gasteiger partial charge in [0.25, 0.3) is 0 Å². The summed E-state index contributed by atoms with van der Waals surface area (Å²) in [6, 6.07) is 0. The Morgan fingerprint density at radius 3 is 2.69 bits per heavy atom. The first-order valence-electron chi connectivity index (χ1n) is 5.34. The summed E-state index contributed by atoms with van der Waals surface area (Å²) in [6.45, 7) is 2.39. The van der Waals surface area contributed by atoms with Crippen molar-refractivity contribution < 1.29 is 4.92 Å². The minimum Gasteiger partial charge on any atom is -0.265 e. The van der Waals surface area contributed by atoms with Gasteiger partial charge < -0.3 is 0 Å². The molecule has 0 radical (unpaired) electrons. The summed E-state index contributed by atoms with van der Waals surface area (Å²) in [5.74, 6) is 1.15. The quantitative estimate of drug-likeness (QED) is 0.488. The monoisotopic (exact) mass is 185 g/mol. The third-order valence-electron chi connectivity index (χ3n) is 3.02. The van der Waals surface area contributed by atoms with Gasteiger partial charge in [-0.05, 0) is 25.2 Å². The Bertz CT molecular complexity index is 170. The third-order valence-corrected chi connectivity index (χ3v) is 3.02. The van der Waals surface area contributed by atoms with E-state index >= 15 is 0 Å². The number of unbranched alkanes of at least 4 members (excludes halogenated alkanes) is 1. The summed E-state index contributed by atoms with van der Waals surface area (Å²) < 4.78 is 0. The number of hydrogen-bond acceptors (Lipinski definition) is 2. The topological polar surface area (TPSA) is 43.1 Å². The number of nitrogens with zero attached hydrogens (tertiary/aromatic N) is 1. The van der Waals surface area contributed by atoms with Gasteiger partial charge in [0.2, 0.25) is 6.54 Å². The smallest absolute Gasteiger partial charge is 0.206 e. The highest BCUT2D eigenvalue weighted by Gasteiger charge is 2.27. The van der Waals surface area contributed by atoms with Crippen molar-refractivity contribution in [3.05, 3.63) is 10.1 Å². The van der Waals surface area contributed by atoms with Gasteiger partial charge in [0.15, 0.2) is 0 Å². The lowest BCUT2D eigenvalue weighted by Crippen LogP contribution is -2.11. The van der Waals surface area contributed by atoms with Crippen LogP contribution in [-0.2, 0) is 0 Å². The molecule has 0 aromatic rings. The Morgan fingerprint density at radius 1 is 1.38 bits per heavy atom. The van der Waals surface area contributed by atoms with E-state index in [1.807, 2.05) is 0 Å². The molecule has 0 amide bonds. The lowest BCUT2D eigenvalue weighted by atomic mass is 9.99. The Morgan fingerprint density at radius 2 is 2.08 bits per heavy atom. The van der Waals surface area contributed by atoms with Gasteiger partial charge in [0, 0.05) is 10.8 Å². The van der Waals surface area contributed by atoms with Gasteiger partial charge in [-0.25, -0.2) is 0 Å². The molecule has 3 nitrogen and oxygen atoms in total. The lowest BCUT2D eigenvalue weighted by Gasteiger charge is -2.07. The van der Waals surface area contributed by atoms with E-state index < -0.39 is 0 Å². The van der Waals surface area contributed by atoms with E-state index in [4.69, 9.17) is 0 Å². The predicted molar refractivity (Wildman–Crippen MR) is 52.2 cm³/mol. The maximum Gasteiger partial charge on any atom is 0.206 e. The van der Waals surface area contributed by atoms with Crippen molar-refractivity contribution in [2.75, 3.05) is 6.54 Å². The molecule has 1 saturated carbocycles. The standard InChI is InChI=1S/C10H19NO2/c1-2-3-4-9-5-6-10(7-9)8-11(12)13/h9-10H,2-8H2,1H3. The molecule has 76 valence electrons. The second kappa shape index (κ2) is 5.20. The minimum absolute atomic E-state index is 0.160. The molecule has 0 saturated heterocycles. The van der Waals surface area contributed by atoms with Gasteiger partial charge in [0.1, 0.15) is 0 Å². The SMILES string of the molecule is CCCCC1CCC(C[N+](=O)[O-])C1. The van der Waals surface area contributed by atoms with Crippen molar-refractivity contribution in [2.45, 2.75) is 45.4 Å². The van der Waals surface area contributed by atoms with E-state index in [9.17, 15) is 10.1 Å². The van der Waals surface area contributed by atoms with Crippen LogP contribution in [0.2, 0.25) is 0 Å². The number of nitro groups is 1. The average molecular weight is 185 g/mol. The van der Waals surface area contributed by atoms with Gasteiger partial charge in [-0.1, -0.05) is 26.2 Å². The molecule has 0 bridgehead atoms. The molecule has 1 rings (SSSR count). The lowest BCUT2D eigenvalue weighted by molar-refractivity contribution is -0.488. The maximum absolute atomic E-state index is 10.3. The van der Waals surface area contributed by atoms with Gasteiger partial charge in [-0.15, -0.1) is 0 Å². The first-order valence-corrected chi connectivity index (χ1v) is 5.34. The van der Waals surface area contributed by atoms with Crippen molar-refractivity contribution >= 4 is 0 Å². The zero-order valence-corrected chi connectivity index (χ0v) is 8.37. The van der Waals surface area contributed by atoms with E-state index in [2.05, 4.69) is 6.92 Å². The van der Waals surface area contributed by atoms with Gasteiger partial charge in [-0.3, -0.25) is 10.1 Å². The first kappa shape index (κ1) is 10.5. The zero-order chi connectivity index (χ0) is 9.68. The molecule has 0 aliphatic heterocycles. The van der Waals surface area contributed by atoms with Crippen molar-refractivity contribution in [3.8, 4) is 0 Å². The largest absolute Gasteiger partial charge is 0.265 e. The Balaban J connectivity index is 2.16. The highest BCUT2D eigenvalue weighted by Crippen LogP contribution is 2.33. The molecular formula is C10H19NO2. The number of hydrogen-bond donors (Lipinski definition) is 0. The molecule has 2 atom stereocenters. The maximum atomic E-state index is 10.3. The van der Waals surface area contributed by atoms with E-state index in [1.165, 1.54) is 25.7 Å². The van der Waals surface area contributed by atoms with E-state index in [0.29, 0.717) is 5.92 Å². The Kier molecular flexibility index (Phi) is 4.19. The van der Waals surface area contributed by atoms with Crippen LogP contribution in [-0.4, -0.2) is 11.5 Å². The van der Waals surface area contributed by atoms with Crippen LogP contribution >= 0.6 is 0 Å². The van der Waals surface area contributed by atoms with E-state index in [-0.39, 0.29) is 11.5 Å². The summed E-state index contributed by atoms with van der Waals surface area (Å²) in [5.41, 5.74) is 0. The summed E-state index contributed by atoms with van der Waals surface area (Å²) in [6.07, 6.45) is 7.21. The molecular weight excluding hydrogens is 166 g/mol. The van der Waals surface area contributed by atoms with Crippen LogP contribution in [0.3, 0.4) is 0 Å². The van der Waals surface area contributed by atoms with E-state index in [0.717, 1.165) is 18.8 Å². The fraction of sp³-hybridized carbons (Fsp3) is 1.00. The van der Waals surface area contributed by atoms with Crippen LogP contribution < -0.4 is 0 Å². The molecule has 3 heteroatoms. The van der Waals surface area contributed by atoms with Gasteiger partial charge in [-0.2, -0.15) is 0 Å². The van der Waals surface area contributed by atoms with Crippen molar-refractivity contribution in [2.24, 2.45) is 11.8 Å². The number of rotatable bonds is 5. The summed E-state index contributed by atoms with van der Waals surface area (Å²) in [5, 5.41) is 10.3. The molecule has 0 aromatic heterocycles. The zero-order valence-electron chi connectivity index (χ0n) is 8.37. The molecule has 1 aliphatic rings. The normalized spacial score (nSPS) is 27.8. The summed E-state index contributed by atoms with van der Waals surface area (Å²) in [7, 11) is 0. The van der Waals surface area contributed by atoms with Crippen LogP contribution in [0.4, 0.5) is 0 Å². The van der Waals surface area contributed by atoms with Gasteiger partial charge in [0.05, 0.1) is 0 Å². The highest BCUT2D eigenvalue weighted by molar-refractivity contribution is 4.74. The predicted octanol–water partition coefficient (Wildman–Crippen LogP) is 2.87. The average Bonchev–Trinajstić information content (AvgIpc) is 2.48. The molecule has 1 fully saturated rings. The Labute approximate surface area is 79.7 Å². The molecule has 13 heavy (non-hydrogen) atoms. The molecule has 2 unspecified atom stereocenters. The van der Waals surface area contributed by atoms with Crippen LogP contribution in [0.1, 0.15) is 45.4 Å².